The maximum atomic E-state index is 11.0. The Labute approximate surface area is 164 Å². The molecule has 1 fully saturated rings. The molecule has 2 aromatic rings. The average Bonchev–Trinajstić information content (AvgIpc) is 3.17. The number of methoxy groups -OCH3 is 3. The minimum Gasteiger partial charge on any atom is -0.504 e. The monoisotopic (exact) mass is 390 g/mol. The van der Waals surface area contributed by atoms with Crippen LogP contribution in [0.2, 0.25) is 0 Å². The lowest BCUT2D eigenvalue weighted by Crippen LogP contribution is -2.22. The second kappa shape index (κ2) is 8.58. The lowest BCUT2D eigenvalue weighted by Gasteiger charge is -2.24. The van der Waals surface area contributed by atoms with Gasteiger partial charge in [0.2, 0.25) is 5.75 Å². The van der Waals surface area contributed by atoms with Gasteiger partial charge in [0.15, 0.2) is 23.0 Å². The van der Waals surface area contributed by atoms with Crippen LogP contribution in [0.5, 0.6) is 28.7 Å². The minimum absolute atomic E-state index is 0.0787. The third-order valence-electron chi connectivity index (χ3n) is 5.24. The highest BCUT2D eigenvalue weighted by Gasteiger charge is 2.35. The zero-order chi connectivity index (χ0) is 20.3. The molecule has 152 valence electrons. The Kier molecular flexibility index (Phi) is 6.16. The minimum atomic E-state index is -0.810. The molecule has 28 heavy (non-hydrogen) atoms. The number of ether oxygens (including phenoxy) is 4. The molecule has 0 radical (unpaired) electrons. The second-order valence-corrected chi connectivity index (χ2v) is 6.89. The molecule has 0 spiro atoms. The van der Waals surface area contributed by atoms with Crippen LogP contribution in [0.1, 0.15) is 17.2 Å². The molecule has 1 heterocycles. The van der Waals surface area contributed by atoms with Crippen LogP contribution in [0, 0.1) is 11.8 Å². The van der Waals surface area contributed by atoms with Gasteiger partial charge in [0.05, 0.1) is 40.6 Å². The van der Waals surface area contributed by atoms with Crippen molar-refractivity contribution in [1.29, 1.82) is 0 Å². The number of aliphatic hydroxyl groups is 1. The summed E-state index contributed by atoms with van der Waals surface area (Å²) in [6.07, 6.45) is -0.139. The predicted octanol–water partition coefficient (Wildman–Crippen LogP) is 2.66. The number of hydrogen-bond acceptors (Lipinski definition) is 7. The molecular weight excluding hydrogens is 364 g/mol. The number of phenolic OH excluding ortho intramolecular Hbond substituents is 2. The number of rotatable bonds is 7. The van der Waals surface area contributed by atoms with Crippen molar-refractivity contribution < 1.29 is 34.3 Å². The van der Waals surface area contributed by atoms with Crippen LogP contribution in [-0.4, -0.2) is 49.9 Å². The van der Waals surface area contributed by atoms with Crippen LogP contribution in [0.4, 0.5) is 0 Å². The summed E-state index contributed by atoms with van der Waals surface area (Å²) in [7, 11) is 4.41. The van der Waals surface area contributed by atoms with E-state index in [2.05, 4.69) is 0 Å². The van der Waals surface area contributed by atoms with E-state index in [1.165, 1.54) is 21.3 Å². The van der Waals surface area contributed by atoms with E-state index in [0.717, 1.165) is 5.56 Å². The van der Waals surface area contributed by atoms with Crippen molar-refractivity contribution in [2.24, 2.45) is 11.8 Å². The highest BCUT2D eigenvalue weighted by Crippen LogP contribution is 2.42. The zero-order valence-corrected chi connectivity index (χ0v) is 16.2. The summed E-state index contributed by atoms with van der Waals surface area (Å²) < 4.78 is 21.2. The van der Waals surface area contributed by atoms with Crippen LogP contribution < -0.4 is 14.2 Å². The average molecular weight is 390 g/mol. The molecule has 3 atom stereocenters. The first-order valence-corrected chi connectivity index (χ1v) is 9.05. The Bertz CT molecular complexity index is 795. The molecule has 1 saturated heterocycles. The van der Waals surface area contributed by atoms with Crippen molar-refractivity contribution in [1.82, 2.24) is 0 Å². The van der Waals surface area contributed by atoms with Gasteiger partial charge in [-0.2, -0.15) is 0 Å². The van der Waals surface area contributed by atoms with Crippen molar-refractivity contribution in [3.63, 3.8) is 0 Å². The maximum Gasteiger partial charge on any atom is 0.200 e. The van der Waals surface area contributed by atoms with Gasteiger partial charge in [-0.3, -0.25) is 0 Å². The number of hydrogen-bond donors (Lipinski definition) is 3. The molecule has 1 aliphatic heterocycles. The van der Waals surface area contributed by atoms with Crippen LogP contribution in [-0.2, 0) is 11.2 Å². The SMILES string of the molecule is COc1cc(C[C@@H]2COC[C@H]2[C@H](O)c2cc(OC)c(O)c(OC)c2)ccc1O. The van der Waals surface area contributed by atoms with Crippen LogP contribution in [0.15, 0.2) is 30.3 Å². The van der Waals surface area contributed by atoms with Crippen LogP contribution in [0.3, 0.4) is 0 Å². The van der Waals surface area contributed by atoms with E-state index in [9.17, 15) is 15.3 Å². The van der Waals surface area contributed by atoms with E-state index in [1.807, 2.05) is 6.07 Å². The molecule has 7 nitrogen and oxygen atoms in total. The van der Waals surface area contributed by atoms with Gasteiger partial charge < -0.3 is 34.3 Å². The third-order valence-corrected chi connectivity index (χ3v) is 5.24. The summed E-state index contributed by atoms with van der Waals surface area (Å²) >= 11 is 0. The van der Waals surface area contributed by atoms with Gasteiger partial charge in [-0.25, -0.2) is 0 Å². The lowest BCUT2D eigenvalue weighted by molar-refractivity contribution is 0.0807. The number of phenols is 2. The molecular formula is C21H26O7. The number of benzene rings is 2. The van der Waals surface area contributed by atoms with E-state index in [1.54, 1.807) is 24.3 Å². The second-order valence-electron chi connectivity index (χ2n) is 6.89. The van der Waals surface area contributed by atoms with E-state index < -0.39 is 6.10 Å². The Morgan fingerprint density at radius 3 is 2.21 bits per heavy atom. The van der Waals surface area contributed by atoms with Gasteiger partial charge in [-0.1, -0.05) is 6.07 Å². The zero-order valence-electron chi connectivity index (χ0n) is 16.2. The Balaban J connectivity index is 1.82. The molecule has 3 N–H and O–H groups in total. The first kappa shape index (κ1) is 20.1. The quantitative estimate of drug-likeness (QED) is 0.669. The Morgan fingerprint density at radius 2 is 1.61 bits per heavy atom. The molecule has 7 heteroatoms. The lowest BCUT2D eigenvalue weighted by atomic mass is 9.83. The smallest absolute Gasteiger partial charge is 0.200 e. The van der Waals surface area contributed by atoms with Crippen molar-refractivity contribution >= 4 is 0 Å². The standard InChI is InChI=1S/C21H26O7/c1-25-17-7-12(4-5-16(17)22)6-14-10-28-11-15(14)20(23)13-8-18(26-2)21(24)19(9-13)27-3/h4-5,7-9,14-15,20,22-24H,6,10-11H2,1-3H3/t14-,15-,20-/m1/s1. The fourth-order valence-corrected chi connectivity index (χ4v) is 3.66. The largest absolute Gasteiger partial charge is 0.504 e. The van der Waals surface area contributed by atoms with Crippen molar-refractivity contribution in [3.8, 4) is 28.7 Å². The summed E-state index contributed by atoms with van der Waals surface area (Å²) in [4.78, 5) is 0. The molecule has 2 aromatic carbocycles. The highest BCUT2D eigenvalue weighted by molar-refractivity contribution is 5.53. The fourth-order valence-electron chi connectivity index (χ4n) is 3.66. The fraction of sp³-hybridized carbons (Fsp3) is 0.429. The van der Waals surface area contributed by atoms with E-state index in [-0.39, 0.29) is 34.8 Å². The molecule has 0 amide bonds. The molecule has 0 unspecified atom stereocenters. The summed E-state index contributed by atoms with van der Waals surface area (Å²) in [5.41, 5.74) is 1.58. The predicted molar refractivity (Wildman–Crippen MR) is 102 cm³/mol. The highest BCUT2D eigenvalue weighted by atomic mass is 16.5. The summed E-state index contributed by atoms with van der Waals surface area (Å²) in [5.74, 6) is 0.833. The summed E-state index contributed by atoms with van der Waals surface area (Å²) in [6, 6.07) is 8.46. The first-order chi connectivity index (χ1) is 13.5. The summed E-state index contributed by atoms with van der Waals surface area (Å²) in [5, 5.41) is 30.9. The van der Waals surface area contributed by atoms with Gasteiger partial charge in [0, 0.05) is 5.92 Å². The van der Waals surface area contributed by atoms with Gasteiger partial charge in [0.1, 0.15) is 0 Å². The van der Waals surface area contributed by atoms with Crippen molar-refractivity contribution in [3.05, 3.63) is 41.5 Å². The Morgan fingerprint density at radius 1 is 0.964 bits per heavy atom. The number of aliphatic hydroxyl groups excluding tert-OH is 1. The molecule has 0 saturated carbocycles. The Hall–Kier alpha value is -2.64. The van der Waals surface area contributed by atoms with Gasteiger partial charge in [0.25, 0.3) is 0 Å². The normalized spacial score (nSPS) is 20.0. The molecule has 0 aromatic heterocycles. The molecule has 3 rings (SSSR count). The van der Waals surface area contributed by atoms with Gasteiger partial charge in [-0.05, 0) is 47.7 Å². The van der Waals surface area contributed by atoms with Gasteiger partial charge in [-0.15, -0.1) is 0 Å². The number of aromatic hydroxyl groups is 2. The molecule has 1 aliphatic rings. The third kappa shape index (κ3) is 3.95. The van der Waals surface area contributed by atoms with Crippen LogP contribution >= 0.6 is 0 Å². The van der Waals surface area contributed by atoms with Gasteiger partial charge >= 0.3 is 0 Å². The topological polar surface area (TPSA) is 97.6 Å². The van der Waals surface area contributed by atoms with E-state index >= 15 is 0 Å². The summed E-state index contributed by atoms with van der Waals surface area (Å²) in [6.45, 7) is 0.948. The van der Waals surface area contributed by atoms with Crippen molar-refractivity contribution in [2.45, 2.75) is 12.5 Å². The van der Waals surface area contributed by atoms with E-state index in [0.29, 0.717) is 30.9 Å². The van der Waals surface area contributed by atoms with E-state index in [4.69, 9.17) is 18.9 Å². The molecule has 0 aliphatic carbocycles. The molecule has 0 bridgehead atoms. The van der Waals surface area contributed by atoms with Crippen LogP contribution in [0.25, 0.3) is 0 Å². The first-order valence-electron chi connectivity index (χ1n) is 9.05. The maximum absolute atomic E-state index is 11.0. The van der Waals surface area contributed by atoms with Crippen molar-refractivity contribution in [2.75, 3.05) is 34.5 Å².